The molecule has 0 spiro atoms. The highest BCUT2D eigenvalue weighted by atomic mass is 35.5. The van der Waals surface area contributed by atoms with E-state index in [0.717, 1.165) is 28.8 Å². The molecule has 0 fully saturated rings. The molecular weight excluding hydrogens is 590 g/mol. The number of aliphatic carboxylic acids is 1. The number of carboxylic acid groups (broad SMARTS) is 1. The molecule has 5 rings (SSSR count). The summed E-state index contributed by atoms with van der Waals surface area (Å²) >= 11 is 7.25. The van der Waals surface area contributed by atoms with Gasteiger partial charge in [0.15, 0.2) is 0 Å². The molecule has 0 saturated heterocycles. The van der Waals surface area contributed by atoms with E-state index < -0.39 is 24.3 Å². The number of ether oxygens (including phenoxy) is 1. The lowest BCUT2D eigenvalue weighted by Gasteiger charge is -2.24. The average Bonchev–Trinajstić information content (AvgIpc) is 3.58. The number of thiophene rings is 1. The smallest absolute Gasteiger partial charge is 0.429 e. The highest BCUT2D eigenvalue weighted by Crippen LogP contribution is 2.44. The van der Waals surface area contributed by atoms with Crippen LogP contribution in [-0.2, 0) is 11.2 Å². The molecule has 2 atom stereocenters. The third-order valence-electron chi connectivity index (χ3n) is 6.02. The molecule has 3 heterocycles. The lowest BCUT2D eigenvalue weighted by Crippen LogP contribution is -2.32. The fraction of sp³-hybridized carbons (Fsp3) is 0.148. The molecule has 0 aliphatic carbocycles. The Balaban J connectivity index is 0.00000370. The van der Waals surface area contributed by atoms with E-state index in [2.05, 4.69) is 9.97 Å². The van der Waals surface area contributed by atoms with Gasteiger partial charge in [-0.1, -0.05) is 41.9 Å². The topological polar surface area (TPSA) is 111 Å². The van der Waals surface area contributed by atoms with Gasteiger partial charge in [0.05, 0.1) is 18.0 Å². The number of carboxylic acids is 1. The maximum atomic E-state index is 14.4. The van der Waals surface area contributed by atoms with Crippen molar-refractivity contribution in [2.75, 3.05) is 0 Å². The van der Waals surface area contributed by atoms with Gasteiger partial charge in [0, 0.05) is 27.1 Å². The Labute approximate surface area is 240 Å². The van der Waals surface area contributed by atoms with Gasteiger partial charge in [-0.2, -0.15) is 13.2 Å². The van der Waals surface area contributed by atoms with Crippen molar-refractivity contribution in [3.05, 3.63) is 88.9 Å². The van der Waals surface area contributed by atoms with Crippen LogP contribution in [0.25, 0.3) is 32.5 Å². The van der Waals surface area contributed by atoms with E-state index in [1.165, 1.54) is 36.8 Å². The molecule has 2 aromatic carbocycles. The summed E-state index contributed by atoms with van der Waals surface area (Å²) in [6.07, 6.45) is -3.13. The van der Waals surface area contributed by atoms with Gasteiger partial charge in [0.2, 0.25) is 12.0 Å². The second-order valence-corrected chi connectivity index (χ2v) is 9.95. The van der Waals surface area contributed by atoms with Gasteiger partial charge in [-0.05, 0) is 41.3 Å². The van der Waals surface area contributed by atoms with E-state index >= 15 is 0 Å². The monoisotopic (exact) mass is 609 g/mol. The number of fused-ring (bicyclic) bond motifs is 1. The first-order chi connectivity index (χ1) is 18.6. The minimum Gasteiger partial charge on any atom is -0.480 e. The zero-order valence-corrected chi connectivity index (χ0v) is 22.7. The second kappa shape index (κ2) is 11.8. The van der Waals surface area contributed by atoms with Crippen LogP contribution >= 0.6 is 35.3 Å². The fourth-order valence-corrected chi connectivity index (χ4v) is 5.25. The zero-order valence-electron chi connectivity index (χ0n) is 20.3. The molecule has 2 unspecified atom stereocenters. The molecule has 3 aromatic heterocycles. The molecule has 0 aliphatic heterocycles. The van der Waals surface area contributed by atoms with E-state index in [-0.39, 0.29) is 40.9 Å². The number of hydrogen-bond acceptors (Lipinski definition) is 7. The number of hydrogen-bond donors (Lipinski definition) is 2. The minimum atomic E-state index is -4.78. The minimum absolute atomic E-state index is 0. The molecule has 13 heteroatoms. The number of nitrogens with zero attached hydrogens (tertiary/aromatic N) is 2. The molecular formula is C27H20Cl2F3N3O4S. The van der Waals surface area contributed by atoms with Crippen LogP contribution in [0, 0.1) is 0 Å². The molecule has 3 N–H and O–H groups in total. The summed E-state index contributed by atoms with van der Waals surface area (Å²) in [6, 6.07) is 11.6. The van der Waals surface area contributed by atoms with E-state index in [0.29, 0.717) is 21.3 Å². The predicted octanol–water partition coefficient (Wildman–Crippen LogP) is 7.33. The van der Waals surface area contributed by atoms with Gasteiger partial charge in [-0.15, -0.1) is 23.7 Å². The molecule has 7 nitrogen and oxygen atoms in total. The van der Waals surface area contributed by atoms with Crippen molar-refractivity contribution in [3.63, 3.8) is 0 Å². The van der Waals surface area contributed by atoms with Gasteiger partial charge in [0.1, 0.15) is 17.1 Å². The van der Waals surface area contributed by atoms with Crippen molar-refractivity contribution < 1.29 is 32.2 Å². The Bertz CT molecular complexity index is 1630. The van der Waals surface area contributed by atoms with Gasteiger partial charge in [-0.3, -0.25) is 4.79 Å². The van der Waals surface area contributed by atoms with Gasteiger partial charge < -0.3 is 20.0 Å². The highest BCUT2D eigenvalue weighted by molar-refractivity contribution is 7.18. The summed E-state index contributed by atoms with van der Waals surface area (Å²) in [7, 11) is 0. The second-order valence-electron chi connectivity index (χ2n) is 8.63. The summed E-state index contributed by atoms with van der Waals surface area (Å²) in [5.41, 5.74) is 8.67. The number of benzene rings is 2. The molecule has 0 saturated carbocycles. The predicted molar refractivity (Wildman–Crippen MR) is 148 cm³/mol. The normalized spacial score (nSPS) is 13.0. The molecule has 0 amide bonds. The Morgan fingerprint density at radius 2 is 1.85 bits per heavy atom. The third-order valence-corrected chi connectivity index (χ3v) is 7.21. The van der Waals surface area contributed by atoms with E-state index in [1.807, 2.05) is 0 Å². The van der Waals surface area contributed by atoms with Crippen LogP contribution in [-0.4, -0.2) is 33.3 Å². The van der Waals surface area contributed by atoms with Crippen molar-refractivity contribution in [3.8, 4) is 28.1 Å². The van der Waals surface area contributed by atoms with Gasteiger partial charge in [0.25, 0.3) is 0 Å². The number of furan rings is 1. The first-order valence-corrected chi connectivity index (χ1v) is 12.7. The number of halogens is 5. The van der Waals surface area contributed by atoms with Crippen molar-refractivity contribution in [1.82, 2.24) is 9.97 Å². The van der Waals surface area contributed by atoms with Crippen LogP contribution in [0.3, 0.4) is 0 Å². The first kappa shape index (κ1) is 29.3. The maximum absolute atomic E-state index is 14.4. The van der Waals surface area contributed by atoms with Crippen LogP contribution < -0.4 is 10.5 Å². The third kappa shape index (κ3) is 6.07. The van der Waals surface area contributed by atoms with Crippen LogP contribution in [0.2, 0.25) is 5.02 Å². The van der Waals surface area contributed by atoms with Crippen molar-refractivity contribution >= 4 is 51.5 Å². The van der Waals surface area contributed by atoms with Crippen LogP contribution in [0.15, 0.2) is 77.2 Å². The Morgan fingerprint density at radius 1 is 1.10 bits per heavy atom. The fourth-order valence-electron chi connectivity index (χ4n) is 4.12. The SMILES string of the molecule is Cl.NC(Cc1ccc(-c2csc3c(OC(c4ccc(Cl)cc4-c4ccoc4)C(F)(F)F)ncnc23)cc1)C(=O)O. The maximum Gasteiger partial charge on any atom is 0.429 e. The standard InChI is InChI=1S/C27H19ClF3N3O4S.ClH/c28-17-5-6-18(19(10-17)16-7-8-37-11-16)24(27(29,30)31)38-25-23-22(33-13-34-25)20(12-39-23)15-3-1-14(2-4-15)9-21(32)26(35)36;/h1-8,10-13,21,24H,9,32H2,(H,35,36);1H. The first-order valence-electron chi connectivity index (χ1n) is 11.5. The lowest BCUT2D eigenvalue weighted by molar-refractivity contribution is -0.198. The largest absolute Gasteiger partial charge is 0.480 e. The summed E-state index contributed by atoms with van der Waals surface area (Å²) in [4.78, 5) is 19.4. The van der Waals surface area contributed by atoms with Crippen LogP contribution in [0.5, 0.6) is 5.88 Å². The number of nitrogens with two attached hydrogens (primary N) is 1. The van der Waals surface area contributed by atoms with Crippen molar-refractivity contribution in [1.29, 1.82) is 0 Å². The van der Waals surface area contributed by atoms with E-state index in [1.54, 1.807) is 29.6 Å². The molecule has 5 aromatic rings. The summed E-state index contributed by atoms with van der Waals surface area (Å²) < 4.78 is 54.2. The number of carbonyl (C=O) groups is 1. The highest BCUT2D eigenvalue weighted by Gasteiger charge is 2.45. The number of aromatic nitrogens is 2. The zero-order chi connectivity index (χ0) is 27.7. The van der Waals surface area contributed by atoms with Crippen molar-refractivity contribution in [2.45, 2.75) is 24.7 Å². The number of alkyl halides is 3. The van der Waals surface area contributed by atoms with Crippen LogP contribution in [0.4, 0.5) is 13.2 Å². The average molecular weight is 610 g/mol. The molecule has 0 aliphatic rings. The number of rotatable bonds is 8. The van der Waals surface area contributed by atoms with Gasteiger partial charge in [-0.25, -0.2) is 9.97 Å². The Morgan fingerprint density at radius 3 is 2.50 bits per heavy atom. The summed E-state index contributed by atoms with van der Waals surface area (Å²) in [6.45, 7) is 0. The van der Waals surface area contributed by atoms with E-state index in [9.17, 15) is 18.0 Å². The van der Waals surface area contributed by atoms with E-state index in [4.69, 9.17) is 31.6 Å². The molecule has 0 bridgehead atoms. The quantitative estimate of drug-likeness (QED) is 0.189. The summed E-state index contributed by atoms with van der Waals surface area (Å²) in [5.74, 6) is -1.31. The lowest BCUT2D eigenvalue weighted by atomic mass is 9.97. The van der Waals surface area contributed by atoms with Crippen LogP contribution in [0.1, 0.15) is 17.2 Å². The molecule has 0 radical (unpaired) electrons. The molecule has 40 heavy (non-hydrogen) atoms. The summed E-state index contributed by atoms with van der Waals surface area (Å²) in [5, 5.41) is 11.0. The van der Waals surface area contributed by atoms with Crippen molar-refractivity contribution in [2.24, 2.45) is 5.73 Å². The molecule has 208 valence electrons. The van der Waals surface area contributed by atoms with Gasteiger partial charge >= 0.3 is 12.1 Å². The Hall–Kier alpha value is -3.64. The Kier molecular flexibility index (Phi) is 8.69.